The zero-order chi connectivity index (χ0) is 24.0. The van der Waals surface area contributed by atoms with Crippen LogP contribution in [0.15, 0.2) is 18.2 Å². The molecule has 0 spiro atoms. The molecule has 31 heavy (non-hydrogen) atoms. The number of carbonyl (C=O) groups is 3. The number of nitrogens with zero attached hydrogens (tertiary/aromatic N) is 1. The van der Waals surface area contributed by atoms with E-state index >= 15 is 0 Å². The summed E-state index contributed by atoms with van der Waals surface area (Å²) >= 11 is 0. The summed E-state index contributed by atoms with van der Waals surface area (Å²) in [5.41, 5.74) is 1.56. The van der Waals surface area contributed by atoms with Gasteiger partial charge in [-0.25, -0.2) is 4.79 Å². The van der Waals surface area contributed by atoms with E-state index in [1.807, 2.05) is 59.7 Å². The Morgan fingerprint density at radius 3 is 2.03 bits per heavy atom. The molecule has 0 aliphatic rings. The van der Waals surface area contributed by atoms with Gasteiger partial charge < -0.3 is 20.3 Å². The average molecular weight is 434 g/mol. The Kier molecular flexibility index (Phi) is 9.09. The molecule has 0 saturated carbocycles. The molecule has 0 aromatic heterocycles. The summed E-state index contributed by atoms with van der Waals surface area (Å²) < 4.78 is 5.22. The lowest BCUT2D eigenvalue weighted by molar-refractivity contribution is -0.141. The topological polar surface area (TPSA) is 87.7 Å². The van der Waals surface area contributed by atoms with E-state index in [-0.39, 0.29) is 18.4 Å². The van der Waals surface area contributed by atoms with Gasteiger partial charge in [-0.3, -0.25) is 9.59 Å². The summed E-state index contributed by atoms with van der Waals surface area (Å²) in [6.07, 6.45) is 0.00244. The highest BCUT2D eigenvalue weighted by Crippen LogP contribution is 2.28. The van der Waals surface area contributed by atoms with Crippen molar-refractivity contribution in [2.45, 2.75) is 85.9 Å². The quantitative estimate of drug-likeness (QED) is 0.680. The SMILES string of the molecule is CCCN(C(=O)CNC(=O)OC(C)(C)C)C(C(=O)NC(C)(C)C)c1c(C)cccc1C. The van der Waals surface area contributed by atoms with Gasteiger partial charge in [0.15, 0.2) is 0 Å². The Morgan fingerprint density at radius 1 is 1.03 bits per heavy atom. The third kappa shape index (κ3) is 8.59. The number of carbonyl (C=O) groups excluding carboxylic acids is 3. The van der Waals surface area contributed by atoms with Crippen molar-refractivity contribution in [3.63, 3.8) is 0 Å². The lowest BCUT2D eigenvalue weighted by Crippen LogP contribution is -2.51. The molecule has 1 atom stereocenters. The molecule has 174 valence electrons. The summed E-state index contributed by atoms with van der Waals surface area (Å²) in [4.78, 5) is 40.2. The van der Waals surface area contributed by atoms with Crippen LogP contribution in [-0.2, 0) is 14.3 Å². The molecule has 0 radical (unpaired) electrons. The zero-order valence-corrected chi connectivity index (χ0v) is 20.5. The molecule has 3 amide bonds. The molecule has 0 heterocycles. The maximum absolute atomic E-state index is 13.4. The Labute approximate surface area is 186 Å². The van der Waals surface area contributed by atoms with E-state index in [1.54, 1.807) is 25.7 Å². The van der Waals surface area contributed by atoms with Crippen molar-refractivity contribution in [1.82, 2.24) is 15.5 Å². The van der Waals surface area contributed by atoms with Gasteiger partial charge in [-0.15, -0.1) is 0 Å². The van der Waals surface area contributed by atoms with Crippen LogP contribution in [0.1, 0.15) is 77.6 Å². The Morgan fingerprint density at radius 2 is 1.58 bits per heavy atom. The number of benzene rings is 1. The highest BCUT2D eigenvalue weighted by Gasteiger charge is 2.34. The Hall–Kier alpha value is -2.57. The second-order valence-electron chi connectivity index (χ2n) is 9.89. The van der Waals surface area contributed by atoms with Gasteiger partial charge in [-0.1, -0.05) is 25.1 Å². The normalized spacial score (nSPS) is 12.7. The van der Waals surface area contributed by atoms with Crippen molar-refractivity contribution >= 4 is 17.9 Å². The minimum atomic E-state index is -0.798. The summed E-state index contributed by atoms with van der Waals surface area (Å²) in [6, 6.07) is 5.01. The highest BCUT2D eigenvalue weighted by molar-refractivity contribution is 5.91. The predicted octanol–water partition coefficient (Wildman–Crippen LogP) is 4.02. The summed E-state index contributed by atoms with van der Waals surface area (Å²) in [5.74, 6) is -0.589. The van der Waals surface area contributed by atoms with Crippen LogP contribution in [0.2, 0.25) is 0 Å². The maximum Gasteiger partial charge on any atom is 0.408 e. The molecule has 1 rings (SSSR count). The largest absolute Gasteiger partial charge is 0.444 e. The van der Waals surface area contributed by atoms with Crippen LogP contribution in [0.3, 0.4) is 0 Å². The number of hydrogen-bond acceptors (Lipinski definition) is 4. The van der Waals surface area contributed by atoms with Crippen LogP contribution in [0.4, 0.5) is 4.79 Å². The van der Waals surface area contributed by atoms with Crippen molar-refractivity contribution in [2.24, 2.45) is 0 Å². The fourth-order valence-corrected chi connectivity index (χ4v) is 3.33. The molecule has 1 unspecified atom stereocenters. The number of alkyl carbamates (subject to hydrolysis) is 1. The van der Waals surface area contributed by atoms with Crippen LogP contribution in [-0.4, -0.2) is 47.0 Å². The van der Waals surface area contributed by atoms with Crippen LogP contribution in [0, 0.1) is 13.8 Å². The molecule has 7 nitrogen and oxygen atoms in total. The molecular formula is C24H39N3O4. The summed E-state index contributed by atoms with van der Waals surface area (Å²) in [6.45, 7) is 16.9. The molecule has 0 fully saturated rings. The maximum atomic E-state index is 13.4. The first kappa shape index (κ1) is 26.5. The third-order valence-electron chi connectivity index (χ3n) is 4.44. The lowest BCUT2D eigenvalue weighted by Gasteiger charge is -2.35. The number of aryl methyl sites for hydroxylation is 2. The van der Waals surface area contributed by atoms with Crippen LogP contribution >= 0.6 is 0 Å². The van der Waals surface area contributed by atoms with Crippen LogP contribution in [0.5, 0.6) is 0 Å². The summed E-state index contributed by atoms with van der Waals surface area (Å²) in [5, 5.41) is 5.53. The molecule has 1 aromatic carbocycles. The van der Waals surface area contributed by atoms with Crippen molar-refractivity contribution < 1.29 is 19.1 Å². The fraction of sp³-hybridized carbons (Fsp3) is 0.625. The van der Waals surface area contributed by atoms with Gasteiger partial charge >= 0.3 is 6.09 Å². The average Bonchev–Trinajstić information content (AvgIpc) is 2.58. The number of hydrogen-bond donors (Lipinski definition) is 2. The standard InChI is InChI=1S/C24H39N3O4/c1-10-14-27(18(28)15-25-22(30)31-24(7,8)9)20(21(29)26-23(4,5)6)19-16(2)12-11-13-17(19)3/h11-13,20H,10,14-15H2,1-9H3,(H,25,30)(H,26,29). The lowest BCUT2D eigenvalue weighted by atomic mass is 9.93. The molecule has 0 aliphatic carbocycles. The van der Waals surface area contributed by atoms with Crippen LogP contribution in [0.25, 0.3) is 0 Å². The minimum Gasteiger partial charge on any atom is -0.444 e. The smallest absolute Gasteiger partial charge is 0.408 e. The number of amides is 3. The van der Waals surface area contributed by atoms with E-state index in [4.69, 9.17) is 4.74 Å². The van der Waals surface area contributed by atoms with Gasteiger partial charge in [0.25, 0.3) is 0 Å². The monoisotopic (exact) mass is 433 g/mol. The van der Waals surface area contributed by atoms with Gasteiger partial charge in [0.05, 0.1) is 0 Å². The van der Waals surface area contributed by atoms with Crippen molar-refractivity contribution in [3.8, 4) is 0 Å². The van der Waals surface area contributed by atoms with E-state index in [1.165, 1.54) is 0 Å². The number of nitrogens with one attached hydrogen (secondary N) is 2. The highest BCUT2D eigenvalue weighted by atomic mass is 16.6. The molecule has 0 bridgehead atoms. The Balaban J connectivity index is 3.28. The zero-order valence-electron chi connectivity index (χ0n) is 20.5. The van der Waals surface area contributed by atoms with Gasteiger partial charge in [0.2, 0.25) is 11.8 Å². The first-order valence-electron chi connectivity index (χ1n) is 10.8. The van der Waals surface area contributed by atoms with Crippen molar-refractivity contribution in [2.75, 3.05) is 13.1 Å². The first-order valence-corrected chi connectivity index (χ1v) is 10.8. The molecule has 2 N–H and O–H groups in total. The Bertz CT molecular complexity index is 771. The van der Waals surface area contributed by atoms with Gasteiger partial charge in [0, 0.05) is 12.1 Å². The third-order valence-corrected chi connectivity index (χ3v) is 4.44. The van der Waals surface area contributed by atoms with E-state index in [2.05, 4.69) is 10.6 Å². The molecule has 0 aliphatic heterocycles. The fourth-order valence-electron chi connectivity index (χ4n) is 3.33. The minimum absolute atomic E-state index is 0.246. The molecule has 7 heteroatoms. The van der Waals surface area contributed by atoms with Crippen molar-refractivity contribution in [3.05, 3.63) is 34.9 Å². The van der Waals surface area contributed by atoms with Crippen molar-refractivity contribution in [1.29, 1.82) is 0 Å². The van der Waals surface area contributed by atoms with E-state index in [0.717, 1.165) is 16.7 Å². The van der Waals surface area contributed by atoms with Gasteiger partial charge in [0.1, 0.15) is 18.2 Å². The second kappa shape index (κ2) is 10.6. The van der Waals surface area contributed by atoms with E-state index in [9.17, 15) is 14.4 Å². The second-order valence-corrected chi connectivity index (χ2v) is 9.89. The number of rotatable bonds is 7. The van der Waals surface area contributed by atoms with E-state index in [0.29, 0.717) is 13.0 Å². The predicted molar refractivity (Wildman–Crippen MR) is 123 cm³/mol. The molecule has 0 saturated heterocycles. The van der Waals surface area contributed by atoms with Gasteiger partial charge in [-0.05, 0) is 78.5 Å². The molecular weight excluding hydrogens is 394 g/mol. The van der Waals surface area contributed by atoms with Crippen LogP contribution < -0.4 is 10.6 Å². The molecule has 1 aromatic rings. The van der Waals surface area contributed by atoms with Gasteiger partial charge in [-0.2, -0.15) is 0 Å². The van der Waals surface area contributed by atoms with E-state index < -0.39 is 23.3 Å². The first-order chi connectivity index (χ1) is 14.2. The number of ether oxygens (including phenoxy) is 1. The summed E-state index contributed by atoms with van der Waals surface area (Å²) in [7, 11) is 0.